The third-order valence-electron chi connectivity index (χ3n) is 2.35. The van der Waals surface area contributed by atoms with Crippen LogP contribution in [0.2, 0.25) is 0 Å². The maximum atomic E-state index is 13.3. The molecule has 17 heavy (non-hydrogen) atoms. The minimum atomic E-state index is -3.67. The molecular formula is C11H15F2NO2S. The lowest BCUT2D eigenvalue weighted by Gasteiger charge is -2.05. The fourth-order valence-electron chi connectivity index (χ4n) is 1.45. The molecule has 0 aliphatic heterocycles. The summed E-state index contributed by atoms with van der Waals surface area (Å²) in [6.07, 6.45) is 1.84. The lowest BCUT2D eigenvalue weighted by atomic mass is 10.2. The predicted molar refractivity (Wildman–Crippen MR) is 61.3 cm³/mol. The molecule has 3 nitrogen and oxygen atoms in total. The SMILES string of the molecule is NCCCCCS(=O)(=O)c1ccc(F)cc1F. The van der Waals surface area contributed by atoms with Crippen LogP contribution in [0.1, 0.15) is 19.3 Å². The van der Waals surface area contributed by atoms with Crippen molar-refractivity contribution in [1.82, 2.24) is 0 Å². The highest BCUT2D eigenvalue weighted by Crippen LogP contribution is 2.18. The van der Waals surface area contributed by atoms with E-state index in [4.69, 9.17) is 5.73 Å². The molecule has 6 heteroatoms. The summed E-state index contributed by atoms with van der Waals surface area (Å²) in [5.41, 5.74) is 5.28. The van der Waals surface area contributed by atoms with Crippen molar-refractivity contribution in [2.45, 2.75) is 24.2 Å². The van der Waals surface area contributed by atoms with E-state index in [1.165, 1.54) is 0 Å². The zero-order valence-corrected chi connectivity index (χ0v) is 10.1. The summed E-state index contributed by atoms with van der Waals surface area (Å²) in [4.78, 5) is -0.438. The second-order valence-corrected chi connectivity index (χ2v) is 5.82. The second kappa shape index (κ2) is 6.07. The Morgan fingerprint density at radius 1 is 1.12 bits per heavy atom. The van der Waals surface area contributed by atoms with E-state index in [1.54, 1.807) is 0 Å². The number of sulfone groups is 1. The minimum absolute atomic E-state index is 0.143. The summed E-state index contributed by atoms with van der Waals surface area (Å²) in [6, 6.07) is 2.48. The monoisotopic (exact) mass is 263 g/mol. The maximum absolute atomic E-state index is 13.3. The lowest BCUT2D eigenvalue weighted by Crippen LogP contribution is -2.10. The van der Waals surface area contributed by atoms with Crippen LogP contribution in [-0.2, 0) is 9.84 Å². The number of nitrogens with two attached hydrogens (primary N) is 1. The molecule has 0 aliphatic carbocycles. The molecule has 0 heterocycles. The third kappa shape index (κ3) is 4.05. The van der Waals surface area contributed by atoms with Gasteiger partial charge in [-0.15, -0.1) is 0 Å². The van der Waals surface area contributed by atoms with Crippen LogP contribution in [-0.4, -0.2) is 20.7 Å². The van der Waals surface area contributed by atoms with Crippen LogP contribution in [0, 0.1) is 11.6 Å². The smallest absolute Gasteiger partial charge is 0.181 e. The van der Waals surface area contributed by atoms with Crippen molar-refractivity contribution >= 4 is 9.84 Å². The zero-order valence-electron chi connectivity index (χ0n) is 9.33. The molecule has 0 saturated carbocycles. The van der Waals surface area contributed by atoms with Gasteiger partial charge in [0, 0.05) is 6.07 Å². The molecule has 0 aromatic heterocycles. The van der Waals surface area contributed by atoms with E-state index in [9.17, 15) is 17.2 Å². The Bertz CT molecular complexity index is 474. The lowest BCUT2D eigenvalue weighted by molar-refractivity contribution is 0.547. The molecule has 0 unspecified atom stereocenters. The maximum Gasteiger partial charge on any atom is 0.181 e. The molecule has 96 valence electrons. The van der Waals surface area contributed by atoms with Gasteiger partial charge >= 0.3 is 0 Å². The van der Waals surface area contributed by atoms with Gasteiger partial charge in [0.05, 0.1) is 5.75 Å². The van der Waals surface area contributed by atoms with E-state index >= 15 is 0 Å². The van der Waals surface area contributed by atoms with Crippen molar-refractivity contribution in [2.75, 3.05) is 12.3 Å². The van der Waals surface area contributed by atoms with Crippen molar-refractivity contribution in [3.63, 3.8) is 0 Å². The van der Waals surface area contributed by atoms with Gasteiger partial charge in [-0.05, 0) is 31.5 Å². The van der Waals surface area contributed by atoms with Gasteiger partial charge in [0.1, 0.15) is 16.5 Å². The summed E-state index contributed by atoms with van der Waals surface area (Å²) < 4.78 is 49.4. The van der Waals surface area contributed by atoms with Gasteiger partial charge in [0.25, 0.3) is 0 Å². The first-order valence-electron chi connectivity index (χ1n) is 5.35. The molecule has 1 rings (SSSR count). The van der Waals surface area contributed by atoms with Crippen LogP contribution in [0.4, 0.5) is 8.78 Å². The summed E-state index contributed by atoms with van der Waals surface area (Å²) in [7, 11) is -3.67. The number of halogens is 2. The van der Waals surface area contributed by atoms with Crippen LogP contribution in [0.5, 0.6) is 0 Å². The van der Waals surface area contributed by atoms with E-state index in [2.05, 4.69) is 0 Å². The highest BCUT2D eigenvalue weighted by molar-refractivity contribution is 7.91. The Labute approximate surface area is 99.6 Å². The number of benzene rings is 1. The van der Waals surface area contributed by atoms with E-state index < -0.39 is 26.4 Å². The fourth-order valence-corrected chi connectivity index (χ4v) is 2.89. The van der Waals surface area contributed by atoms with Crippen LogP contribution in [0.3, 0.4) is 0 Å². The summed E-state index contributed by atoms with van der Waals surface area (Å²) in [5.74, 6) is -1.97. The molecule has 0 atom stereocenters. The molecule has 0 spiro atoms. The van der Waals surface area contributed by atoms with E-state index in [-0.39, 0.29) is 5.75 Å². The normalized spacial score (nSPS) is 11.7. The standard InChI is InChI=1S/C11H15F2NO2S/c12-9-4-5-11(10(13)8-9)17(15,16)7-3-1-2-6-14/h4-5,8H,1-3,6-7,14H2. The zero-order chi connectivity index (χ0) is 12.9. The summed E-state index contributed by atoms with van der Waals surface area (Å²) in [6.45, 7) is 0.505. The van der Waals surface area contributed by atoms with Gasteiger partial charge in [-0.25, -0.2) is 17.2 Å². The summed E-state index contributed by atoms with van der Waals surface area (Å²) >= 11 is 0. The number of rotatable bonds is 6. The molecule has 0 fully saturated rings. The number of hydrogen-bond donors (Lipinski definition) is 1. The first-order valence-corrected chi connectivity index (χ1v) is 7.00. The van der Waals surface area contributed by atoms with Crippen molar-refractivity contribution in [2.24, 2.45) is 5.73 Å². The van der Waals surface area contributed by atoms with Crippen molar-refractivity contribution in [3.05, 3.63) is 29.8 Å². The topological polar surface area (TPSA) is 60.2 Å². The van der Waals surface area contributed by atoms with Crippen LogP contribution < -0.4 is 5.73 Å². The third-order valence-corrected chi connectivity index (χ3v) is 4.17. The fraction of sp³-hybridized carbons (Fsp3) is 0.455. The molecule has 0 amide bonds. The predicted octanol–water partition coefficient (Wildman–Crippen LogP) is 1.87. The van der Waals surface area contributed by atoms with Gasteiger partial charge in [-0.1, -0.05) is 6.42 Å². The van der Waals surface area contributed by atoms with E-state index in [1.807, 2.05) is 0 Å². The number of unbranched alkanes of at least 4 members (excludes halogenated alkanes) is 2. The molecule has 0 saturated heterocycles. The Balaban J connectivity index is 2.76. The van der Waals surface area contributed by atoms with E-state index in [0.29, 0.717) is 25.5 Å². The van der Waals surface area contributed by atoms with Gasteiger partial charge in [0.15, 0.2) is 9.84 Å². The highest BCUT2D eigenvalue weighted by Gasteiger charge is 2.18. The van der Waals surface area contributed by atoms with Crippen LogP contribution >= 0.6 is 0 Å². The van der Waals surface area contributed by atoms with Gasteiger partial charge in [-0.3, -0.25) is 0 Å². The second-order valence-electron chi connectivity index (χ2n) is 3.74. The van der Waals surface area contributed by atoms with Gasteiger partial charge in [0.2, 0.25) is 0 Å². The summed E-state index contributed by atoms with van der Waals surface area (Å²) in [5, 5.41) is 0. The number of hydrogen-bond acceptors (Lipinski definition) is 3. The molecule has 1 aromatic carbocycles. The molecule has 2 N–H and O–H groups in total. The Hall–Kier alpha value is -1.01. The van der Waals surface area contributed by atoms with Crippen LogP contribution in [0.25, 0.3) is 0 Å². The molecule has 0 bridgehead atoms. The molecule has 1 aromatic rings. The van der Waals surface area contributed by atoms with Gasteiger partial charge < -0.3 is 5.73 Å². The Kier molecular flexibility index (Phi) is 5.02. The minimum Gasteiger partial charge on any atom is -0.330 e. The quantitative estimate of drug-likeness (QED) is 0.629. The van der Waals surface area contributed by atoms with E-state index in [0.717, 1.165) is 18.6 Å². The molecule has 0 aliphatic rings. The molecule has 0 radical (unpaired) electrons. The largest absolute Gasteiger partial charge is 0.330 e. The highest BCUT2D eigenvalue weighted by atomic mass is 32.2. The average molecular weight is 263 g/mol. The van der Waals surface area contributed by atoms with Crippen molar-refractivity contribution in [1.29, 1.82) is 0 Å². The van der Waals surface area contributed by atoms with Gasteiger partial charge in [-0.2, -0.15) is 0 Å². The first-order chi connectivity index (χ1) is 7.97. The van der Waals surface area contributed by atoms with Crippen LogP contribution in [0.15, 0.2) is 23.1 Å². The Morgan fingerprint density at radius 2 is 1.82 bits per heavy atom. The van der Waals surface area contributed by atoms with Crippen molar-refractivity contribution in [3.8, 4) is 0 Å². The van der Waals surface area contributed by atoms with Crippen molar-refractivity contribution < 1.29 is 17.2 Å². The molecular weight excluding hydrogens is 248 g/mol. The first kappa shape index (κ1) is 14.1. The average Bonchev–Trinajstić information content (AvgIpc) is 2.24. The Morgan fingerprint density at radius 3 is 2.41 bits per heavy atom.